The van der Waals surface area contributed by atoms with Gasteiger partial charge in [0.15, 0.2) is 0 Å². The second-order valence-corrected chi connectivity index (χ2v) is 5.58. The van der Waals surface area contributed by atoms with Gasteiger partial charge in [-0.25, -0.2) is 9.78 Å². The maximum atomic E-state index is 11.3. The predicted octanol–water partition coefficient (Wildman–Crippen LogP) is 3.35. The van der Waals surface area contributed by atoms with Crippen molar-refractivity contribution in [1.82, 2.24) is 9.55 Å². The number of carboxylic acid groups (broad SMARTS) is 1. The van der Waals surface area contributed by atoms with Gasteiger partial charge in [0.2, 0.25) is 5.88 Å². The fourth-order valence-electron chi connectivity index (χ4n) is 2.67. The normalized spacial score (nSPS) is 10.9. The van der Waals surface area contributed by atoms with Gasteiger partial charge in [-0.1, -0.05) is 13.8 Å². The number of carbonyl (C=O) groups is 1. The summed E-state index contributed by atoms with van der Waals surface area (Å²) in [5.74, 6) is -0.0575. The summed E-state index contributed by atoms with van der Waals surface area (Å²) in [7, 11) is 1.61. The molecule has 5 heteroatoms. The van der Waals surface area contributed by atoms with Crippen LogP contribution in [0.25, 0.3) is 0 Å². The molecule has 118 valence electrons. The van der Waals surface area contributed by atoms with Crippen LogP contribution in [0, 0.1) is 0 Å². The second-order valence-electron chi connectivity index (χ2n) is 5.58. The lowest BCUT2D eigenvalue weighted by Gasteiger charge is -2.13. The number of carboxylic acids is 1. The fraction of sp³-hybridized carbons (Fsp3) is 0.412. The van der Waals surface area contributed by atoms with E-state index in [1.807, 2.05) is 36.7 Å². The molecule has 0 aliphatic rings. The van der Waals surface area contributed by atoms with Crippen LogP contribution in [0.2, 0.25) is 0 Å². The van der Waals surface area contributed by atoms with E-state index in [-0.39, 0.29) is 5.92 Å². The van der Waals surface area contributed by atoms with Crippen LogP contribution in [-0.2, 0) is 13.0 Å². The SMILES string of the molecule is COc1cc(CCCn2ccc(C(=O)O)c2C(C)C)ccn1. The van der Waals surface area contributed by atoms with Crippen LogP contribution in [0.3, 0.4) is 0 Å². The Bertz CT molecular complexity index is 647. The number of aromatic carboxylic acids is 1. The Morgan fingerprint density at radius 1 is 1.41 bits per heavy atom. The molecule has 0 aromatic carbocycles. The van der Waals surface area contributed by atoms with E-state index in [4.69, 9.17) is 4.74 Å². The molecule has 0 saturated heterocycles. The molecule has 2 heterocycles. The summed E-state index contributed by atoms with van der Waals surface area (Å²) in [6, 6.07) is 5.60. The van der Waals surface area contributed by atoms with Gasteiger partial charge < -0.3 is 14.4 Å². The van der Waals surface area contributed by atoms with Gasteiger partial charge >= 0.3 is 5.97 Å². The standard InChI is InChI=1S/C17H22N2O3/c1-12(2)16-14(17(20)21)7-10-19(16)9-4-5-13-6-8-18-15(11-13)22-3/h6-8,10-12H,4-5,9H2,1-3H3,(H,20,21). The topological polar surface area (TPSA) is 64.3 Å². The minimum Gasteiger partial charge on any atom is -0.481 e. The Balaban J connectivity index is 2.04. The Morgan fingerprint density at radius 2 is 2.18 bits per heavy atom. The monoisotopic (exact) mass is 302 g/mol. The van der Waals surface area contributed by atoms with Crippen molar-refractivity contribution in [2.45, 2.75) is 39.2 Å². The summed E-state index contributed by atoms with van der Waals surface area (Å²) in [5, 5.41) is 9.25. The minimum absolute atomic E-state index is 0.183. The van der Waals surface area contributed by atoms with Gasteiger partial charge in [0.25, 0.3) is 0 Å². The lowest BCUT2D eigenvalue weighted by atomic mass is 10.1. The van der Waals surface area contributed by atoms with E-state index in [2.05, 4.69) is 4.98 Å². The molecule has 0 bridgehead atoms. The first kappa shape index (κ1) is 16.1. The Labute approximate surface area is 130 Å². The van der Waals surface area contributed by atoms with Gasteiger partial charge in [0.05, 0.1) is 12.7 Å². The summed E-state index contributed by atoms with van der Waals surface area (Å²) in [6.07, 6.45) is 5.44. The van der Waals surface area contributed by atoms with Crippen LogP contribution in [0.15, 0.2) is 30.6 Å². The van der Waals surface area contributed by atoms with E-state index in [1.54, 1.807) is 19.4 Å². The molecular weight excluding hydrogens is 280 g/mol. The number of aryl methyl sites for hydroxylation is 2. The number of pyridine rings is 1. The molecule has 5 nitrogen and oxygen atoms in total. The summed E-state index contributed by atoms with van der Waals surface area (Å²) < 4.78 is 7.17. The molecule has 0 amide bonds. The van der Waals surface area contributed by atoms with Crippen LogP contribution in [0.4, 0.5) is 0 Å². The molecule has 0 radical (unpaired) electrons. The van der Waals surface area contributed by atoms with Crippen molar-refractivity contribution < 1.29 is 14.6 Å². The van der Waals surface area contributed by atoms with Crippen molar-refractivity contribution in [2.75, 3.05) is 7.11 Å². The van der Waals surface area contributed by atoms with Gasteiger partial charge in [0.1, 0.15) is 0 Å². The molecule has 0 atom stereocenters. The van der Waals surface area contributed by atoms with Gasteiger partial charge in [0, 0.05) is 30.7 Å². The highest BCUT2D eigenvalue weighted by Gasteiger charge is 2.17. The van der Waals surface area contributed by atoms with Crippen molar-refractivity contribution in [2.24, 2.45) is 0 Å². The second kappa shape index (κ2) is 7.11. The zero-order chi connectivity index (χ0) is 16.1. The molecule has 1 N–H and O–H groups in total. The maximum absolute atomic E-state index is 11.3. The Kier molecular flexibility index (Phi) is 5.20. The van der Waals surface area contributed by atoms with Crippen LogP contribution in [0.1, 0.15) is 47.8 Å². The summed E-state index contributed by atoms with van der Waals surface area (Å²) in [5.41, 5.74) is 2.46. The Morgan fingerprint density at radius 3 is 2.82 bits per heavy atom. The third-order valence-corrected chi connectivity index (χ3v) is 3.66. The number of nitrogens with zero attached hydrogens (tertiary/aromatic N) is 2. The summed E-state index contributed by atoms with van der Waals surface area (Å²) in [6.45, 7) is 4.84. The number of hydrogen-bond donors (Lipinski definition) is 1. The molecule has 0 fully saturated rings. The van der Waals surface area contributed by atoms with Gasteiger partial charge in [-0.05, 0) is 36.5 Å². The highest BCUT2D eigenvalue weighted by molar-refractivity contribution is 5.89. The number of ether oxygens (including phenoxy) is 1. The molecule has 2 aromatic rings. The van der Waals surface area contributed by atoms with E-state index in [9.17, 15) is 9.90 Å². The number of hydrogen-bond acceptors (Lipinski definition) is 3. The molecule has 0 aliphatic heterocycles. The summed E-state index contributed by atoms with van der Waals surface area (Å²) >= 11 is 0. The first-order valence-corrected chi connectivity index (χ1v) is 7.44. The van der Waals surface area contributed by atoms with E-state index >= 15 is 0 Å². The van der Waals surface area contributed by atoms with Gasteiger partial charge in [-0.3, -0.25) is 0 Å². The first-order chi connectivity index (χ1) is 10.5. The lowest BCUT2D eigenvalue weighted by molar-refractivity contribution is 0.0695. The zero-order valence-electron chi connectivity index (χ0n) is 13.2. The van der Waals surface area contributed by atoms with Crippen molar-refractivity contribution in [3.8, 4) is 5.88 Å². The van der Waals surface area contributed by atoms with Crippen molar-refractivity contribution in [3.05, 3.63) is 47.4 Å². The van der Waals surface area contributed by atoms with E-state index < -0.39 is 5.97 Å². The highest BCUT2D eigenvalue weighted by atomic mass is 16.5. The smallest absolute Gasteiger partial charge is 0.337 e. The molecular formula is C17H22N2O3. The number of aromatic nitrogens is 2. The first-order valence-electron chi connectivity index (χ1n) is 7.44. The third-order valence-electron chi connectivity index (χ3n) is 3.66. The van der Waals surface area contributed by atoms with Gasteiger partial charge in [-0.2, -0.15) is 0 Å². The average molecular weight is 302 g/mol. The Hall–Kier alpha value is -2.30. The summed E-state index contributed by atoms with van der Waals surface area (Å²) in [4.78, 5) is 15.4. The van der Waals surface area contributed by atoms with Crippen molar-refractivity contribution in [3.63, 3.8) is 0 Å². The van der Waals surface area contributed by atoms with Crippen molar-refractivity contribution in [1.29, 1.82) is 0 Å². The third kappa shape index (κ3) is 3.67. The molecule has 22 heavy (non-hydrogen) atoms. The van der Waals surface area contributed by atoms with E-state index in [0.717, 1.165) is 25.1 Å². The van der Waals surface area contributed by atoms with Crippen molar-refractivity contribution >= 4 is 5.97 Å². The zero-order valence-corrected chi connectivity index (χ0v) is 13.2. The van der Waals surface area contributed by atoms with Gasteiger partial charge in [-0.15, -0.1) is 0 Å². The molecule has 0 aliphatic carbocycles. The van der Waals surface area contributed by atoms with E-state index in [0.29, 0.717) is 11.4 Å². The average Bonchev–Trinajstić information content (AvgIpc) is 2.92. The highest BCUT2D eigenvalue weighted by Crippen LogP contribution is 2.22. The lowest BCUT2D eigenvalue weighted by Crippen LogP contribution is -2.09. The molecule has 2 rings (SSSR count). The van der Waals surface area contributed by atoms with Crippen LogP contribution < -0.4 is 4.74 Å². The predicted molar refractivity (Wildman–Crippen MR) is 84.6 cm³/mol. The van der Waals surface area contributed by atoms with Crippen LogP contribution in [-0.4, -0.2) is 27.7 Å². The number of methoxy groups -OCH3 is 1. The largest absolute Gasteiger partial charge is 0.481 e. The van der Waals surface area contributed by atoms with Crippen LogP contribution in [0.5, 0.6) is 5.88 Å². The number of rotatable bonds is 7. The minimum atomic E-state index is -0.860. The maximum Gasteiger partial charge on any atom is 0.337 e. The van der Waals surface area contributed by atoms with Crippen LogP contribution >= 0.6 is 0 Å². The quantitative estimate of drug-likeness (QED) is 0.852. The fourth-order valence-corrected chi connectivity index (χ4v) is 2.67. The van der Waals surface area contributed by atoms with E-state index in [1.165, 1.54) is 5.56 Å². The molecule has 0 spiro atoms. The molecule has 2 aromatic heterocycles. The molecule has 0 unspecified atom stereocenters. The molecule has 0 saturated carbocycles.